The summed E-state index contributed by atoms with van der Waals surface area (Å²) in [5, 5.41) is 7.00. The highest BCUT2D eigenvalue weighted by molar-refractivity contribution is 5.88. The second kappa shape index (κ2) is 4.61. The minimum absolute atomic E-state index is 0.196. The van der Waals surface area contributed by atoms with Crippen molar-refractivity contribution in [3.8, 4) is 0 Å². The van der Waals surface area contributed by atoms with Crippen molar-refractivity contribution in [3.05, 3.63) is 0 Å². The number of carbonyl (C=O) groups excluding carboxylic acids is 1. The maximum Gasteiger partial charge on any atom is 0.143 e. The van der Waals surface area contributed by atoms with Gasteiger partial charge in [0.1, 0.15) is 5.78 Å². The Kier molecular flexibility index (Phi) is 5.44. The molecule has 0 aliphatic heterocycles. The van der Waals surface area contributed by atoms with Crippen molar-refractivity contribution in [2.75, 3.05) is 7.11 Å². The summed E-state index contributed by atoms with van der Waals surface area (Å²) < 4.78 is 0. The van der Waals surface area contributed by atoms with Gasteiger partial charge >= 0.3 is 0 Å². The molecule has 0 aromatic rings. The summed E-state index contributed by atoms with van der Waals surface area (Å²) in [5.74, 6) is 0.319. The minimum Gasteiger partial charge on any atom is -0.400 e. The van der Waals surface area contributed by atoms with Gasteiger partial charge in [-0.05, 0) is 0 Å². The van der Waals surface area contributed by atoms with Crippen LogP contribution in [0.5, 0.6) is 0 Å². The van der Waals surface area contributed by atoms with Gasteiger partial charge in [0.05, 0.1) is 0 Å². The third kappa shape index (κ3) is 5.30. The van der Waals surface area contributed by atoms with Crippen LogP contribution in [0, 0.1) is 10.8 Å². The molecular weight excluding hydrogens is 152 g/mol. The molecule has 0 bridgehead atoms. The number of ketones is 1. The summed E-state index contributed by atoms with van der Waals surface area (Å²) in [4.78, 5) is 11.5. The summed E-state index contributed by atoms with van der Waals surface area (Å²) >= 11 is 0. The molecule has 0 saturated heterocycles. The van der Waals surface area contributed by atoms with Gasteiger partial charge in [0.2, 0.25) is 0 Å². The number of carbonyl (C=O) groups is 1. The van der Waals surface area contributed by atoms with Crippen LogP contribution >= 0.6 is 0 Å². The van der Waals surface area contributed by atoms with Crippen molar-refractivity contribution in [1.82, 2.24) is 0 Å². The topological polar surface area (TPSA) is 37.3 Å². The zero-order chi connectivity index (χ0) is 10.6. The third-order valence-electron chi connectivity index (χ3n) is 1.36. The molecule has 12 heavy (non-hydrogen) atoms. The van der Waals surface area contributed by atoms with Gasteiger partial charge in [0.25, 0.3) is 0 Å². The first kappa shape index (κ1) is 14.2. The molecule has 74 valence electrons. The summed E-state index contributed by atoms with van der Waals surface area (Å²) in [5.41, 5.74) is -0.392. The van der Waals surface area contributed by atoms with Gasteiger partial charge in [-0.3, -0.25) is 4.79 Å². The predicted molar refractivity (Wildman–Crippen MR) is 52.1 cm³/mol. The maximum atomic E-state index is 11.5. The first-order chi connectivity index (χ1) is 5.15. The fourth-order valence-corrected chi connectivity index (χ4v) is 1.12. The van der Waals surface area contributed by atoms with Crippen LogP contribution in [0.2, 0.25) is 0 Å². The number of aliphatic hydroxyl groups is 1. The molecule has 0 aliphatic carbocycles. The van der Waals surface area contributed by atoms with Gasteiger partial charge in [-0.15, -0.1) is 0 Å². The van der Waals surface area contributed by atoms with Crippen LogP contribution in [0.15, 0.2) is 0 Å². The van der Waals surface area contributed by atoms with Crippen LogP contribution in [-0.4, -0.2) is 18.0 Å². The molecule has 0 fully saturated rings. The SMILES string of the molecule is CC(C)(C)C(=O)C(C)(C)C.CO. The van der Waals surface area contributed by atoms with Crippen LogP contribution < -0.4 is 0 Å². The van der Waals surface area contributed by atoms with E-state index in [0.29, 0.717) is 5.78 Å². The van der Waals surface area contributed by atoms with E-state index in [9.17, 15) is 4.79 Å². The average molecular weight is 174 g/mol. The molecule has 1 N–H and O–H groups in total. The van der Waals surface area contributed by atoms with Gasteiger partial charge in [-0.2, -0.15) is 0 Å². The van der Waals surface area contributed by atoms with E-state index in [4.69, 9.17) is 5.11 Å². The lowest BCUT2D eigenvalue weighted by atomic mass is 9.76. The average Bonchev–Trinajstić information content (AvgIpc) is 1.87. The third-order valence-corrected chi connectivity index (χ3v) is 1.36. The van der Waals surface area contributed by atoms with Crippen molar-refractivity contribution in [2.45, 2.75) is 41.5 Å². The molecule has 0 spiro atoms. The van der Waals surface area contributed by atoms with Gasteiger partial charge < -0.3 is 5.11 Å². The monoisotopic (exact) mass is 174 g/mol. The largest absolute Gasteiger partial charge is 0.400 e. The smallest absolute Gasteiger partial charge is 0.143 e. The van der Waals surface area contributed by atoms with Crippen LogP contribution in [0.25, 0.3) is 0 Å². The van der Waals surface area contributed by atoms with Crippen molar-refractivity contribution >= 4 is 5.78 Å². The molecule has 2 nitrogen and oxygen atoms in total. The molecule has 0 radical (unpaired) electrons. The van der Waals surface area contributed by atoms with Crippen molar-refractivity contribution in [2.24, 2.45) is 10.8 Å². The highest BCUT2D eigenvalue weighted by Crippen LogP contribution is 2.27. The normalized spacial score (nSPS) is 11.7. The number of Topliss-reactive ketones (excluding diaryl/α,β-unsaturated/α-hetero) is 1. The summed E-state index contributed by atoms with van der Waals surface area (Å²) in [6, 6.07) is 0. The molecule has 0 unspecified atom stereocenters. The van der Waals surface area contributed by atoms with E-state index in [0.717, 1.165) is 7.11 Å². The van der Waals surface area contributed by atoms with Crippen LogP contribution in [-0.2, 0) is 4.79 Å². The minimum atomic E-state index is -0.196. The first-order valence-electron chi connectivity index (χ1n) is 4.15. The lowest BCUT2D eigenvalue weighted by Gasteiger charge is -2.26. The predicted octanol–water partition coefficient (Wildman–Crippen LogP) is 2.26. The highest BCUT2D eigenvalue weighted by Gasteiger charge is 2.31. The van der Waals surface area contributed by atoms with E-state index in [-0.39, 0.29) is 10.8 Å². The van der Waals surface area contributed by atoms with E-state index in [1.165, 1.54) is 0 Å². The lowest BCUT2D eigenvalue weighted by molar-refractivity contribution is -0.134. The maximum absolute atomic E-state index is 11.5. The molecule has 0 aromatic carbocycles. The van der Waals surface area contributed by atoms with E-state index in [2.05, 4.69) is 0 Å². The van der Waals surface area contributed by atoms with Gasteiger partial charge in [-0.1, -0.05) is 41.5 Å². The number of hydrogen-bond acceptors (Lipinski definition) is 2. The summed E-state index contributed by atoms with van der Waals surface area (Å²) in [7, 11) is 1.00. The van der Waals surface area contributed by atoms with Crippen LogP contribution in [0.4, 0.5) is 0 Å². The summed E-state index contributed by atoms with van der Waals surface area (Å²) in [6.07, 6.45) is 0. The van der Waals surface area contributed by atoms with Crippen LogP contribution in [0.3, 0.4) is 0 Å². The molecule has 0 aliphatic rings. The second-order valence-corrected chi connectivity index (χ2v) is 4.83. The molecule has 0 atom stereocenters. The van der Waals surface area contributed by atoms with Gasteiger partial charge in [0, 0.05) is 17.9 Å². The zero-order valence-electron chi connectivity index (χ0n) is 9.36. The number of hydrogen-bond donors (Lipinski definition) is 1. The molecule has 0 heterocycles. The van der Waals surface area contributed by atoms with Gasteiger partial charge in [0.15, 0.2) is 0 Å². The Morgan fingerprint density at radius 3 is 1.00 bits per heavy atom. The standard InChI is InChI=1S/C9H18O.CH4O/c1-8(2,3)7(10)9(4,5)6;1-2/h1-6H3;2H,1H3. The van der Waals surface area contributed by atoms with E-state index in [1.807, 2.05) is 41.5 Å². The fraction of sp³-hybridized carbons (Fsp3) is 0.900. The van der Waals surface area contributed by atoms with E-state index < -0.39 is 0 Å². The Hall–Kier alpha value is -0.370. The second-order valence-electron chi connectivity index (χ2n) is 4.83. The zero-order valence-corrected chi connectivity index (χ0v) is 9.36. The Morgan fingerprint density at radius 2 is 1.00 bits per heavy atom. The first-order valence-corrected chi connectivity index (χ1v) is 4.15. The Bertz CT molecular complexity index is 119. The van der Waals surface area contributed by atoms with Crippen molar-refractivity contribution in [1.29, 1.82) is 0 Å². The Morgan fingerprint density at radius 1 is 0.833 bits per heavy atom. The quantitative estimate of drug-likeness (QED) is 0.611. The molecular formula is C10H22O2. The lowest BCUT2D eigenvalue weighted by Crippen LogP contribution is -2.32. The van der Waals surface area contributed by atoms with Crippen molar-refractivity contribution in [3.63, 3.8) is 0 Å². The fourth-order valence-electron chi connectivity index (χ4n) is 1.12. The number of rotatable bonds is 0. The van der Waals surface area contributed by atoms with Crippen LogP contribution in [0.1, 0.15) is 41.5 Å². The van der Waals surface area contributed by atoms with Crippen molar-refractivity contribution < 1.29 is 9.90 Å². The Balaban J connectivity index is 0. The Labute approximate surface area is 76.0 Å². The molecule has 0 saturated carbocycles. The van der Waals surface area contributed by atoms with E-state index in [1.54, 1.807) is 0 Å². The summed E-state index contributed by atoms with van der Waals surface area (Å²) in [6.45, 7) is 11.8. The molecule has 0 rings (SSSR count). The number of aliphatic hydroxyl groups excluding tert-OH is 1. The molecule has 0 aromatic heterocycles. The van der Waals surface area contributed by atoms with Gasteiger partial charge in [-0.25, -0.2) is 0 Å². The molecule has 2 heteroatoms. The van der Waals surface area contributed by atoms with E-state index >= 15 is 0 Å². The highest BCUT2D eigenvalue weighted by atomic mass is 16.2. The molecule has 0 amide bonds.